The third-order valence-electron chi connectivity index (χ3n) is 4.82. The van der Waals surface area contributed by atoms with E-state index in [0.29, 0.717) is 23.2 Å². The van der Waals surface area contributed by atoms with E-state index >= 15 is 0 Å². The summed E-state index contributed by atoms with van der Waals surface area (Å²) in [5, 5.41) is 0. The number of esters is 1. The number of methoxy groups -OCH3 is 1. The molecule has 1 aliphatic heterocycles. The molecule has 0 spiro atoms. The molecule has 1 heterocycles. The van der Waals surface area contributed by atoms with Crippen LogP contribution in [0.2, 0.25) is 0 Å². The molecule has 0 aromatic heterocycles. The third kappa shape index (κ3) is 4.48. The van der Waals surface area contributed by atoms with E-state index in [1.807, 2.05) is 13.0 Å². The molecule has 5 heteroatoms. The van der Waals surface area contributed by atoms with E-state index in [-0.39, 0.29) is 5.97 Å². The van der Waals surface area contributed by atoms with Crippen LogP contribution in [0.15, 0.2) is 12.1 Å². The van der Waals surface area contributed by atoms with Crippen molar-refractivity contribution in [2.24, 2.45) is 5.92 Å². The summed E-state index contributed by atoms with van der Waals surface area (Å²) < 4.78 is 4.83. The number of carbonyl (C=O) groups excluding carboxylic acids is 1. The van der Waals surface area contributed by atoms with Crippen LogP contribution in [0.4, 0.5) is 5.69 Å². The first-order valence-electron chi connectivity index (χ1n) is 8.75. The quantitative estimate of drug-likeness (QED) is 0.663. The van der Waals surface area contributed by atoms with E-state index in [4.69, 9.17) is 10.5 Å². The van der Waals surface area contributed by atoms with Crippen LogP contribution < -0.4 is 5.73 Å². The Kier molecular flexibility index (Phi) is 6.24. The smallest absolute Gasteiger partial charge is 0.337 e. The summed E-state index contributed by atoms with van der Waals surface area (Å²) in [7, 11) is 1.40. The van der Waals surface area contributed by atoms with Crippen molar-refractivity contribution >= 4 is 11.7 Å². The summed E-state index contributed by atoms with van der Waals surface area (Å²) in [4.78, 5) is 16.8. The standard InChI is InChI=1S/C19H31N3O2/c1-13(2)10-22-7-6-21(11-14(22)3)12-17-8-16(19(23)24-5)9-18(20)15(17)4/h8-9,13-14H,6-7,10-12,20H2,1-5H3/t14-/m0/s1. The van der Waals surface area contributed by atoms with E-state index in [1.165, 1.54) is 7.11 Å². The van der Waals surface area contributed by atoms with Crippen LogP contribution in [-0.4, -0.2) is 55.1 Å². The van der Waals surface area contributed by atoms with Gasteiger partial charge in [-0.05, 0) is 43.0 Å². The van der Waals surface area contributed by atoms with Gasteiger partial charge in [0.2, 0.25) is 0 Å². The average molecular weight is 333 g/mol. The van der Waals surface area contributed by atoms with Gasteiger partial charge in [0.25, 0.3) is 0 Å². The zero-order chi connectivity index (χ0) is 17.9. The lowest BCUT2D eigenvalue weighted by Gasteiger charge is -2.41. The Labute approximate surface area is 145 Å². The van der Waals surface area contributed by atoms with Gasteiger partial charge < -0.3 is 10.5 Å². The van der Waals surface area contributed by atoms with E-state index in [2.05, 4.69) is 30.6 Å². The van der Waals surface area contributed by atoms with Crippen molar-refractivity contribution in [3.05, 3.63) is 28.8 Å². The number of hydrogen-bond donors (Lipinski definition) is 1. The maximum absolute atomic E-state index is 11.8. The van der Waals surface area contributed by atoms with Gasteiger partial charge in [-0.15, -0.1) is 0 Å². The van der Waals surface area contributed by atoms with Gasteiger partial charge in [-0.2, -0.15) is 0 Å². The number of hydrogen-bond acceptors (Lipinski definition) is 5. The van der Waals surface area contributed by atoms with Crippen molar-refractivity contribution in [3.63, 3.8) is 0 Å². The highest BCUT2D eigenvalue weighted by Crippen LogP contribution is 2.23. The number of benzene rings is 1. The first kappa shape index (κ1) is 18.7. The Morgan fingerprint density at radius 3 is 2.67 bits per heavy atom. The SMILES string of the molecule is COC(=O)c1cc(N)c(C)c(CN2CCN(CC(C)C)[C@@H](C)C2)c1. The third-order valence-corrected chi connectivity index (χ3v) is 4.82. The van der Waals surface area contributed by atoms with Gasteiger partial charge in [-0.25, -0.2) is 4.79 Å². The number of ether oxygens (including phenoxy) is 1. The molecule has 1 aliphatic rings. The zero-order valence-electron chi connectivity index (χ0n) is 15.6. The van der Waals surface area contributed by atoms with Crippen LogP contribution in [0.5, 0.6) is 0 Å². The lowest BCUT2D eigenvalue weighted by atomic mass is 10.0. The minimum absolute atomic E-state index is 0.335. The largest absolute Gasteiger partial charge is 0.465 e. The molecule has 134 valence electrons. The molecule has 0 aliphatic carbocycles. The van der Waals surface area contributed by atoms with Crippen LogP contribution in [-0.2, 0) is 11.3 Å². The van der Waals surface area contributed by atoms with Crippen molar-refractivity contribution in [3.8, 4) is 0 Å². The van der Waals surface area contributed by atoms with Crippen molar-refractivity contribution in [1.29, 1.82) is 0 Å². The molecule has 1 atom stereocenters. The van der Waals surface area contributed by atoms with Crippen LogP contribution in [0.1, 0.15) is 42.3 Å². The summed E-state index contributed by atoms with van der Waals surface area (Å²) in [5.41, 5.74) is 9.44. The summed E-state index contributed by atoms with van der Waals surface area (Å²) >= 11 is 0. The van der Waals surface area contributed by atoms with Gasteiger partial charge in [-0.1, -0.05) is 13.8 Å². The number of carbonyl (C=O) groups is 1. The molecule has 2 N–H and O–H groups in total. The van der Waals surface area contributed by atoms with Gasteiger partial charge in [0.15, 0.2) is 0 Å². The average Bonchev–Trinajstić information content (AvgIpc) is 2.53. The molecule has 0 bridgehead atoms. The van der Waals surface area contributed by atoms with Crippen molar-refractivity contribution < 1.29 is 9.53 Å². The Balaban J connectivity index is 2.09. The zero-order valence-corrected chi connectivity index (χ0v) is 15.6. The molecule has 2 rings (SSSR count). The first-order valence-corrected chi connectivity index (χ1v) is 8.75. The molecule has 24 heavy (non-hydrogen) atoms. The Morgan fingerprint density at radius 2 is 2.08 bits per heavy atom. The van der Waals surface area contributed by atoms with Crippen LogP contribution in [0.3, 0.4) is 0 Å². The molecular formula is C19H31N3O2. The minimum Gasteiger partial charge on any atom is -0.465 e. The molecule has 5 nitrogen and oxygen atoms in total. The van der Waals surface area contributed by atoms with Gasteiger partial charge >= 0.3 is 5.97 Å². The number of piperazine rings is 1. The summed E-state index contributed by atoms with van der Waals surface area (Å²) in [5.74, 6) is 0.357. The topological polar surface area (TPSA) is 58.8 Å². The van der Waals surface area contributed by atoms with Crippen LogP contribution in [0.25, 0.3) is 0 Å². The number of nitrogens with two attached hydrogens (primary N) is 1. The first-order chi connectivity index (χ1) is 11.3. The normalized spacial score (nSPS) is 19.7. The fourth-order valence-electron chi connectivity index (χ4n) is 3.39. The van der Waals surface area contributed by atoms with E-state index in [1.54, 1.807) is 6.07 Å². The summed E-state index contributed by atoms with van der Waals surface area (Å²) in [6, 6.07) is 4.17. The van der Waals surface area contributed by atoms with Crippen molar-refractivity contribution in [1.82, 2.24) is 9.80 Å². The van der Waals surface area contributed by atoms with Crippen LogP contribution in [0, 0.1) is 12.8 Å². The molecule has 1 fully saturated rings. The second-order valence-electron chi connectivity index (χ2n) is 7.31. The Morgan fingerprint density at radius 1 is 1.38 bits per heavy atom. The molecule has 1 aromatic carbocycles. The fourth-order valence-corrected chi connectivity index (χ4v) is 3.39. The highest BCUT2D eigenvalue weighted by atomic mass is 16.5. The number of nitrogen functional groups attached to an aromatic ring is 1. The highest BCUT2D eigenvalue weighted by Gasteiger charge is 2.24. The maximum Gasteiger partial charge on any atom is 0.337 e. The monoisotopic (exact) mass is 333 g/mol. The van der Waals surface area contributed by atoms with E-state index in [0.717, 1.165) is 43.9 Å². The molecule has 0 amide bonds. The van der Waals surface area contributed by atoms with E-state index < -0.39 is 0 Å². The number of anilines is 1. The number of rotatable bonds is 5. The molecular weight excluding hydrogens is 302 g/mol. The lowest BCUT2D eigenvalue weighted by Crippen LogP contribution is -2.52. The van der Waals surface area contributed by atoms with Crippen molar-refractivity contribution in [2.45, 2.75) is 40.3 Å². The molecule has 1 saturated heterocycles. The second kappa shape index (κ2) is 7.99. The predicted octanol–water partition coefficient (Wildman–Crippen LogP) is 2.53. The lowest BCUT2D eigenvalue weighted by molar-refractivity contribution is 0.0599. The highest BCUT2D eigenvalue weighted by molar-refractivity contribution is 5.91. The van der Waals surface area contributed by atoms with E-state index in [9.17, 15) is 4.79 Å². The molecule has 0 radical (unpaired) electrons. The minimum atomic E-state index is -0.335. The summed E-state index contributed by atoms with van der Waals surface area (Å²) in [6.07, 6.45) is 0. The molecule has 1 aromatic rings. The van der Waals surface area contributed by atoms with Gasteiger partial charge in [0, 0.05) is 44.5 Å². The Bertz CT molecular complexity index is 586. The Hall–Kier alpha value is -1.59. The number of nitrogens with zero attached hydrogens (tertiary/aromatic N) is 2. The fraction of sp³-hybridized carbons (Fsp3) is 0.632. The molecule has 0 saturated carbocycles. The van der Waals surface area contributed by atoms with Crippen molar-refractivity contribution in [2.75, 3.05) is 39.0 Å². The predicted molar refractivity (Wildman–Crippen MR) is 98.1 cm³/mol. The second-order valence-corrected chi connectivity index (χ2v) is 7.31. The van der Waals surface area contributed by atoms with Gasteiger partial charge in [0.1, 0.15) is 0 Å². The van der Waals surface area contributed by atoms with Gasteiger partial charge in [0.05, 0.1) is 12.7 Å². The summed E-state index contributed by atoms with van der Waals surface area (Å²) in [6.45, 7) is 14.0. The maximum atomic E-state index is 11.8. The van der Waals surface area contributed by atoms with Gasteiger partial charge in [-0.3, -0.25) is 9.80 Å². The van der Waals surface area contributed by atoms with Crippen LogP contribution >= 0.6 is 0 Å². The molecule has 0 unspecified atom stereocenters.